The van der Waals surface area contributed by atoms with Crippen LogP contribution in [0.2, 0.25) is 0 Å². The Hall–Kier alpha value is -4.68. The molecule has 1 aliphatic heterocycles. The minimum atomic E-state index is -0.441. The molecule has 6 rings (SSSR count). The zero-order valence-corrected chi connectivity index (χ0v) is 21.0. The van der Waals surface area contributed by atoms with Gasteiger partial charge in [-0.1, -0.05) is 91.0 Å². The number of hydrogen-bond acceptors (Lipinski definition) is 5. The molecule has 184 valence electrons. The van der Waals surface area contributed by atoms with Crippen LogP contribution in [0.5, 0.6) is 5.75 Å². The first-order valence-corrected chi connectivity index (χ1v) is 12.9. The molecule has 0 unspecified atom stereocenters. The molecule has 38 heavy (non-hydrogen) atoms. The monoisotopic (exact) mass is 515 g/mol. The van der Waals surface area contributed by atoms with Gasteiger partial charge in [-0.25, -0.2) is 4.79 Å². The molecule has 0 N–H and O–H groups in total. The number of imide groups is 1. The van der Waals surface area contributed by atoms with Crippen molar-refractivity contribution >= 4 is 56.5 Å². The summed E-state index contributed by atoms with van der Waals surface area (Å²) in [6.45, 7) is 0.215. The standard InChI is InChI=1S/C32H21NO4S/c34-30-29(38-32(36)33(30)20-24-11-5-9-22-7-1-3-12-26(22)24)19-21-15-17-25(18-16-21)37-31(35)28-14-6-10-23-8-2-4-13-27(23)28/h1-19H,20H2/b29-19-. The summed E-state index contributed by atoms with van der Waals surface area (Å²) in [4.78, 5) is 40.2. The summed E-state index contributed by atoms with van der Waals surface area (Å²) in [5, 5.41) is 3.58. The Bertz CT molecular complexity index is 1750. The van der Waals surface area contributed by atoms with Crippen molar-refractivity contribution in [1.29, 1.82) is 0 Å². The average molecular weight is 516 g/mol. The second kappa shape index (κ2) is 10.00. The molecule has 0 spiro atoms. The lowest BCUT2D eigenvalue weighted by molar-refractivity contribution is -0.123. The first kappa shape index (κ1) is 23.7. The van der Waals surface area contributed by atoms with Gasteiger partial charge < -0.3 is 4.74 Å². The highest BCUT2D eigenvalue weighted by Crippen LogP contribution is 2.34. The number of carbonyl (C=O) groups is 3. The van der Waals surface area contributed by atoms with Crippen LogP contribution in [0.15, 0.2) is 114 Å². The van der Waals surface area contributed by atoms with E-state index < -0.39 is 5.97 Å². The molecule has 5 aromatic rings. The molecule has 1 aliphatic rings. The molecular weight excluding hydrogens is 494 g/mol. The molecule has 2 amide bonds. The Labute approximate surface area is 223 Å². The van der Waals surface area contributed by atoms with Crippen LogP contribution in [0.4, 0.5) is 4.79 Å². The Morgan fingerprint density at radius 3 is 2.13 bits per heavy atom. The Kier molecular flexibility index (Phi) is 6.23. The summed E-state index contributed by atoms with van der Waals surface area (Å²) < 4.78 is 5.60. The van der Waals surface area contributed by atoms with Crippen LogP contribution in [0.3, 0.4) is 0 Å². The topological polar surface area (TPSA) is 63.7 Å². The third-order valence-electron chi connectivity index (χ3n) is 6.48. The van der Waals surface area contributed by atoms with Gasteiger partial charge in [-0.15, -0.1) is 0 Å². The van der Waals surface area contributed by atoms with Crippen LogP contribution in [0.25, 0.3) is 27.6 Å². The Balaban J connectivity index is 1.17. The zero-order chi connectivity index (χ0) is 26.1. The van der Waals surface area contributed by atoms with Gasteiger partial charge in [0.25, 0.3) is 11.1 Å². The summed E-state index contributed by atoms with van der Waals surface area (Å²) in [5.41, 5.74) is 2.14. The number of ether oxygens (including phenoxy) is 1. The predicted molar refractivity (Wildman–Crippen MR) is 151 cm³/mol. The van der Waals surface area contributed by atoms with E-state index in [1.54, 1.807) is 36.4 Å². The third kappa shape index (κ3) is 4.58. The first-order chi connectivity index (χ1) is 18.6. The highest BCUT2D eigenvalue weighted by Gasteiger charge is 2.35. The molecule has 1 fully saturated rings. The van der Waals surface area contributed by atoms with Gasteiger partial charge in [-0.2, -0.15) is 0 Å². The van der Waals surface area contributed by atoms with Crippen molar-refractivity contribution in [3.63, 3.8) is 0 Å². The van der Waals surface area contributed by atoms with E-state index >= 15 is 0 Å². The van der Waals surface area contributed by atoms with E-state index in [-0.39, 0.29) is 17.7 Å². The second-order valence-electron chi connectivity index (χ2n) is 8.89. The van der Waals surface area contributed by atoms with E-state index in [1.807, 2.05) is 78.9 Å². The van der Waals surface area contributed by atoms with Gasteiger partial charge in [0.15, 0.2) is 0 Å². The van der Waals surface area contributed by atoms with Gasteiger partial charge in [-0.05, 0) is 68.7 Å². The number of carbonyl (C=O) groups excluding carboxylic acids is 3. The van der Waals surface area contributed by atoms with Gasteiger partial charge in [0.2, 0.25) is 0 Å². The normalized spacial score (nSPS) is 14.5. The molecule has 0 atom stereocenters. The summed E-state index contributed by atoms with van der Waals surface area (Å²) in [6.07, 6.45) is 1.68. The summed E-state index contributed by atoms with van der Waals surface area (Å²) in [7, 11) is 0. The van der Waals surface area contributed by atoms with Crippen molar-refractivity contribution in [1.82, 2.24) is 4.90 Å². The van der Waals surface area contributed by atoms with Crippen molar-refractivity contribution in [3.8, 4) is 5.75 Å². The predicted octanol–water partition coefficient (Wildman–Crippen LogP) is 7.45. The number of amides is 2. The van der Waals surface area contributed by atoms with Gasteiger partial charge in [0.1, 0.15) is 5.75 Å². The number of nitrogens with zero attached hydrogens (tertiary/aromatic N) is 1. The molecule has 5 nitrogen and oxygen atoms in total. The van der Waals surface area contributed by atoms with E-state index in [1.165, 1.54) is 4.90 Å². The maximum atomic E-state index is 13.1. The number of benzene rings is 5. The highest BCUT2D eigenvalue weighted by atomic mass is 32.2. The Morgan fingerprint density at radius 2 is 1.37 bits per heavy atom. The van der Waals surface area contributed by atoms with Crippen molar-refractivity contribution in [2.45, 2.75) is 6.54 Å². The molecule has 6 heteroatoms. The van der Waals surface area contributed by atoms with E-state index in [9.17, 15) is 14.4 Å². The number of thioether (sulfide) groups is 1. The van der Waals surface area contributed by atoms with Crippen molar-refractivity contribution in [2.24, 2.45) is 0 Å². The second-order valence-corrected chi connectivity index (χ2v) is 9.88. The van der Waals surface area contributed by atoms with Gasteiger partial charge in [0, 0.05) is 0 Å². The van der Waals surface area contributed by atoms with Crippen LogP contribution in [-0.4, -0.2) is 22.0 Å². The molecule has 1 heterocycles. The molecule has 5 aromatic carbocycles. The minimum absolute atomic E-state index is 0.215. The van der Waals surface area contributed by atoms with Crippen LogP contribution in [0, 0.1) is 0 Å². The van der Waals surface area contributed by atoms with Crippen LogP contribution in [-0.2, 0) is 11.3 Å². The molecule has 0 bridgehead atoms. The molecule has 0 aromatic heterocycles. The van der Waals surface area contributed by atoms with E-state index in [0.29, 0.717) is 16.2 Å². The van der Waals surface area contributed by atoms with Gasteiger partial charge in [0.05, 0.1) is 17.0 Å². The third-order valence-corrected chi connectivity index (χ3v) is 7.39. The molecule has 0 saturated carbocycles. The van der Waals surface area contributed by atoms with E-state index in [4.69, 9.17) is 4.74 Å². The average Bonchev–Trinajstić information content (AvgIpc) is 3.21. The van der Waals surface area contributed by atoms with Crippen molar-refractivity contribution in [2.75, 3.05) is 0 Å². The Morgan fingerprint density at radius 1 is 0.737 bits per heavy atom. The first-order valence-electron chi connectivity index (χ1n) is 12.1. The maximum absolute atomic E-state index is 13.1. The van der Waals surface area contributed by atoms with Crippen molar-refractivity contribution < 1.29 is 19.1 Å². The molecule has 0 aliphatic carbocycles. The number of esters is 1. The van der Waals surface area contributed by atoms with Crippen LogP contribution in [0.1, 0.15) is 21.5 Å². The maximum Gasteiger partial charge on any atom is 0.344 e. The van der Waals surface area contributed by atoms with Gasteiger partial charge >= 0.3 is 5.97 Å². The molecule has 1 saturated heterocycles. The SMILES string of the molecule is O=C(Oc1ccc(/C=C2\SC(=O)N(Cc3cccc4ccccc34)C2=O)cc1)c1cccc2ccccc12. The van der Waals surface area contributed by atoms with Crippen LogP contribution < -0.4 is 4.74 Å². The number of hydrogen-bond donors (Lipinski definition) is 0. The van der Waals surface area contributed by atoms with Gasteiger partial charge in [-0.3, -0.25) is 14.5 Å². The largest absolute Gasteiger partial charge is 0.423 e. The van der Waals surface area contributed by atoms with E-state index in [0.717, 1.165) is 44.4 Å². The lowest BCUT2D eigenvalue weighted by atomic mass is 10.0. The zero-order valence-electron chi connectivity index (χ0n) is 20.2. The smallest absolute Gasteiger partial charge is 0.344 e. The van der Waals surface area contributed by atoms with Crippen molar-refractivity contribution in [3.05, 3.63) is 131 Å². The number of rotatable bonds is 5. The minimum Gasteiger partial charge on any atom is -0.423 e. The van der Waals surface area contributed by atoms with Crippen LogP contribution >= 0.6 is 11.8 Å². The lowest BCUT2D eigenvalue weighted by Crippen LogP contribution is -2.27. The fourth-order valence-electron chi connectivity index (χ4n) is 4.59. The summed E-state index contributed by atoms with van der Waals surface area (Å²) in [5.74, 6) is -0.368. The summed E-state index contributed by atoms with van der Waals surface area (Å²) in [6, 6.07) is 33.8. The van der Waals surface area contributed by atoms with E-state index in [2.05, 4.69) is 0 Å². The molecular formula is C32H21NO4S. The highest BCUT2D eigenvalue weighted by molar-refractivity contribution is 8.18. The quantitative estimate of drug-likeness (QED) is 0.138. The molecule has 0 radical (unpaired) electrons. The lowest BCUT2D eigenvalue weighted by Gasteiger charge is -2.14. The summed E-state index contributed by atoms with van der Waals surface area (Å²) >= 11 is 0.928. The number of fused-ring (bicyclic) bond motifs is 2. The fraction of sp³-hybridized carbons (Fsp3) is 0.0312. The fourth-order valence-corrected chi connectivity index (χ4v) is 5.42.